The van der Waals surface area contributed by atoms with Crippen LogP contribution in [0.1, 0.15) is 19.8 Å². The lowest BCUT2D eigenvalue weighted by Crippen LogP contribution is -2.46. The molecule has 0 saturated carbocycles. The smallest absolute Gasteiger partial charge is 0.236 e. The Labute approximate surface area is 67.8 Å². The van der Waals surface area contributed by atoms with Crippen LogP contribution in [0, 0.1) is 0 Å². The van der Waals surface area contributed by atoms with Crippen LogP contribution in [0.2, 0.25) is 0 Å². The minimum absolute atomic E-state index is 0.254. The summed E-state index contributed by atoms with van der Waals surface area (Å²) >= 11 is 0. The van der Waals surface area contributed by atoms with Crippen LogP contribution in [-0.2, 0) is 4.79 Å². The van der Waals surface area contributed by atoms with Crippen LogP contribution in [0.4, 0.5) is 0 Å². The molecule has 0 aromatic carbocycles. The predicted molar refractivity (Wildman–Crippen MR) is 44.4 cm³/mol. The first-order valence-corrected chi connectivity index (χ1v) is 4.33. The molecule has 1 rings (SSSR count). The summed E-state index contributed by atoms with van der Waals surface area (Å²) in [5, 5.41) is 3.09. The lowest BCUT2D eigenvalue weighted by Gasteiger charge is -2.30. The van der Waals surface area contributed by atoms with Crippen molar-refractivity contribution in [1.29, 1.82) is 0 Å². The number of hydrogen-bond acceptors (Lipinski definition) is 2. The Balaban J connectivity index is 2.01. The van der Waals surface area contributed by atoms with Gasteiger partial charge in [-0.25, -0.2) is 0 Å². The fraction of sp³-hybridized carbons (Fsp3) is 0.875. The van der Waals surface area contributed by atoms with Crippen LogP contribution in [0.3, 0.4) is 0 Å². The molecule has 0 unspecified atom stereocenters. The van der Waals surface area contributed by atoms with E-state index in [1.807, 2.05) is 4.90 Å². The number of carbonyl (C=O) groups excluding carboxylic acids is 1. The topological polar surface area (TPSA) is 32.3 Å². The zero-order chi connectivity index (χ0) is 8.10. The van der Waals surface area contributed by atoms with E-state index in [0.29, 0.717) is 6.54 Å². The third-order valence-corrected chi connectivity index (χ3v) is 1.91. The molecule has 1 aliphatic heterocycles. The first-order chi connectivity index (χ1) is 5.34. The normalized spacial score (nSPS) is 16.3. The Bertz CT molecular complexity index is 132. The summed E-state index contributed by atoms with van der Waals surface area (Å²) in [6, 6.07) is 0. The average molecular weight is 156 g/mol. The second kappa shape index (κ2) is 4.34. The highest BCUT2D eigenvalue weighted by Crippen LogP contribution is 2.04. The maximum atomic E-state index is 11.2. The van der Waals surface area contributed by atoms with Gasteiger partial charge in [-0.2, -0.15) is 0 Å². The number of likely N-dealkylation sites (tertiary alicyclic amines) is 1. The van der Waals surface area contributed by atoms with Gasteiger partial charge in [-0.3, -0.25) is 4.79 Å². The van der Waals surface area contributed by atoms with Gasteiger partial charge in [0.05, 0.1) is 6.54 Å². The molecule has 0 aromatic rings. The number of amides is 1. The molecule has 1 N–H and O–H groups in total. The number of carbonyl (C=O) groups is 1. The molecule has 0 atom stereocenters. The standard InChI is InChI=1S/C8H16N2O/c1-2-4-9-7-8(11)10-5-3-6-10/h9H,2-7H2,1H3. The van der Waals surface area contributed by atoms with Gasteiger partial charge in [0.2, 0.25) is 5.91 Å². The van der Waals surface area contributed by atoms with Gasteiger partial charge in [0.15, 0.2) is 0 Å². The molecule has 0 aromatic heterocycles. The van der Waals surface area contributed by atoms with Crippen molar-refractivity contribution >= 4 is 5.91 Å². The molecule has 3 heteroatoms. The summed E-state index contributed by atoms with van der Waals surface area (Å²) in [5.74, 6) is 0.254. The summed E-state index contributed by atoms with van der Waals surface area (Å²) < 4.78 is 0. The van der Waals surface area contributed by atoms with E-state index >= 15 is 0 Å². The Hall–Kier alpha value is -0.570. The van der Waals surface area contributed by atoms with E-state index in [-0.39, 0.29) is 5.91 Å². The SMILES string of the molecule is CCCNCC(=O)N1CCC1. The van der Waals surface area contributed by atoms with E-state index < -0.39 is 0 Å². The van der Waals surface area contributed by atoms with Gasteiger partial charge in [0, 0.05) is 13.1 Å². The van der Waals surface area contributed by atoms with Crippen molar-refractivity contribution in [2.75, 3.05) is 26.2 Å². The zero-order valence-corrected chi connectivity index (χ0v) is 7.10. The lowest BCUT2D eigenvalue weighted by molar-refractivity contribution is -0.133. The van der Waals surface area contributed by atoms with E-state index in [1.165, 1.54) is 6.42 Å². The molecule has 1 amide bonds. The van der Waals surface area contributed by atoms with Gasteiger partial charge in [0.25, 0.3) is 0 Å². The lowest BCUT2D eigenvalue weighted by atomic mass is 10.2. The maximum absolute atomic E-state index is 11.2. The maximum Gasteiger partial charge on any atom is 0.236 e. The first-order valence-electron chi connectivity index (χ1n) is 4.33. The second-order valence-corrected chi connectivity index (χ2v) is 2.91. The second-order valence-electron chi connectivity index (χ2n) is 2.91. The largest absolute Gasteiger partial charge is 0.341 e. The summed E-state index contributed by atoms with van der Waals surface area (Å²) in [6.07, 6.45) is 2.27. The minimum Gasteiger partial charge on any atom is -0.341 e. The van der Waals surface area contributed by atoms with Crippen LogP contribution in [-0.4, -0.2) is 37.0 Å². The van der Waals surface area contributed by atoms with E-state index in [2.05, 4.69) is 12.2 Å². The van der Waals surface area contributed by atoms with Crippen LogP contribution in [0.25, 0.3) is 0 Å². The summed E-state index contributed by atoms with van der Waals surface area (Å²) in [6.45, 7) is 5.49. The molecule has 0 bridgehead atoms. The Morgan fingerprint density at radius 3 is 2.73 bits per heavy atom. The van der Waals surface area contributed by atoms with Crippen molar-refractivity contribution in [2.45, 2.75) is 19.8 Å². The number of nitrogens with zero attached hydrogens (tertiary/aromatic N) is 1. The number of hydrogen-bond donors (Lipinski definition) is 1. The minimum atomic E-state index is 0.254. The molecule has 1 saturated heterocycles. The predicted octanol–water partition coefficient (Wildman–Crippen LogP) is 0.218. The fourth-order valence-electron chi connectivity index (χ4n) is 1.05. The van der Waals surface area contributed by atoms with Gasteiger partial charge in [0.1, 0.15) is 0 Å². The monoisotopic (exact) mass is 156 g/mol. The van der Waals surface area contributed by atoms with Crippen LogP contribution in [0.5, 0.6) is 0 Å². The Morgan fingerprint density at radius 1 is 1.55 bits per heavy atom. The van der Waals surface area contributed by atoms with Gasteiger partial charge >= 0.3 is 0 Å². The van der Waals surface area contributed by atoms with Crippen molar-refractivity contribution < 1.29 is 4.79 Å². The van der Waals surface area contributed by atoms with Gasteiger partial charge < -0.3 is 10.2 Å². The van der Waals surface area contributed by atoms with E-state index in [0.717, 1.165) is 26.1 Å². The van der Waals surface area contributed by atoms with Crippen LogP contribution >= 0.6 is 0 Å². The summed E-state index contributed by atoms with van der Waals surface area (Å²) in [7, 11) is 0. The third-order valence-electron chi connectivity index (χ3n) is 1.91. The van der Waals surface area contributed by atoms with Gasteiger partial charge in [-0.1, -0.05) is 6.92 Å². The Morgan fingerprint density at radius 2 is 2.27 bits per heavy atom. The molecule has 0 spiro atoms. The van der Waals surface area contributed by atoms with E-state index in [9.17, 15) is 4.79 Å². The first kappa shape index (κ1) is 8.53. The highest BCUT2D eigenvalue weighted by molar-refractivity contribution is 5.78. The zero-order valence-electron chi connectivity index (χ0n) is 7.10. The van der Waals surface area contributed by atoms with E-state index in [1.54, 1.807) is 0 Å². The van der Waals surface area contributed by atoms with Crippen molar-refractivity contribution in [3.8, 4) is 0 Å². The summed E-state index contributed by atoms with van der Waals surface area (Å²) in [5.41, 5.74) is 0. The molecule has 1 heterocycles. The summed E-state index contributed by atoms with van der Waals surface area (Å²) in [4.78, 5) is 13.1. The van der Waals surface area contributed by atoms with Crippen LogP contribution in [0.15, 0.2) is 0 Å². The molecule has 3 nitrogen and oxygen atoms in total. The molecule has 64 valence electrons. The van der Waals surface area contributed by atoms with Gasteiger partial charge in [-0.15, -0.1) is 0 Å². The molecule has 0 aliphatic carbocycles. The molecule has 11 heavy (non-hydrogen) atoms. The molecular weight excluding hydrogens is 140 g/mol. The van der Waals surface area contributed by atoms with E-state index in [4.69, 9.17) is 0 Å². The van der Waals surface area contributed by atoms with Crippen molar-refractivity contribution in [3.63, 3.8) is 0 Å². The quantitative estimate of drug-likeness (QED) is 0.590. The molecule has 1 fully saturated rings. The van der Waals surface area contributed by atoms with Crippen LogP contribution < -0.4 is 5.32 Å². The van der Waals surface area contributed by atoms with Crippen molar-refractivity contribution in [3.05, 3.63) is 0 Å². The molecule has 1 aliphatic rings. The fourth-order valence-corrected chi connectivity index (χ4v) is 1.05. The average Bonchev–Trinajstić information content (AvgIpc) is 1.84. The number of rotatable bonds is 4. The molecular formula is C8H16N2O. The van der Waals surface area contributed by atoms with Gasteiger partial charge in [-0.05, 0) is 19.4 Å². The number of nitrogens with one attached hydrogen (secondary N) is 1. The molecule has 0 radical (unpaired) electrons. The highest BCUT2D eigenvalue weighted by Gasteiger charge is 2.18. The highest BCUT2D eigenvalue weighted by atomic mass is 16.2. The third kappa shape index (κ3) is 2.50. The van der Waals surface area contributed by atoms with Crippen molar-refractivity contribution in [1.82, 2.24) is 10.2 Å². The van der Waals surface area contributed by atoms with Crippen molar-refractivity contribution in [2.24, 2.45) is 0 Å². The Kier molecular flexibility index (Phi) is 3.36.